The molecular weight excluding hydrogens is 296 g/mol. The molecule has 0 saturated heterocycles. The van der Waals surface area contributed by atoms with Crippen LogP contribution in [0.25, 0.3) is 10.9 Å². The number of nitrogens with two attached hydrogens (primary N) is 1. The smallest absolute Gasteiger partial charge is 0.261 e. The van der Waals surface area contributed by atoms with Crippen molar-refractivity contribution in [1.82, 2.24) is 14.5 Å². The second-order valence-corrected chi connectivity index (χ2v) is 5.45. The number of rotatable bonds is 6. The van der Waals surface area contributed by atoms with E-state index in [2.05, 4.69) is 4.98 Å². The van der Waals surface area contributed by atoms with Gasteiger partial charge in [-0.2, -0.15) is 0 Å². The molecule has 2 rings (SSSR count). The van der Waals surface area contributed by atoms with Crippen molar-refractivity contribution in [2.75, 3.05) is 13.6 Å². The van der Waals surface area contributed by atoms with Gasteiger partial charge in [0.2, 0.25) is 11.8 Å². The molecule has 2 N–H and O–H groups in total. The van der Waals surface area contributed by atoms with E-state index in [-0.39, 0.29) is 24.4 Å². The zero-order chi connectivity index (χ0) is 17.0. The molecule has 1 aromatic carbocycles. The molecule has 0 radical (unpaired) electrons. The predicted octanol–water partition coefficient (Wildman–Crippen LogP) is 0.429. The van der Waals surface area contributed by atoms with Gasteiger partial charge in [0.15, 0.2) is 0 Å². The molecule has 0 saturated carbocycles. The van der Waals surface area contributed by atoms with Gasteiger partial charge in [0.25, 0.3) is 5.56 Å². The molecule has 23 heavy (non-hydrogen) atoms. The molecule has 2 aromatic rings. The monoisotopic (exact) mass is 316 g/mol. The lowest BCUT2D eigenvalue weighted by molar-refractivity contribution is -0.133. The molecule has 1 heterocycles. The number of carbonyl (C=O) groups is 2. The Labute approximate surface area is 133 Å². The first-order chi connectivity index (χ1) is 10.9. The van der Waals surface area contributed by atoms with Gasteiger partial charge < -0.3 is 10.6 Å². The van der Waals surface area contributed by atoms with Crippen molar-refractivity contribution < 1.29 is 9.59 Å². The molecule has 2 amide bonds. The summed E-state index contributed by atoms with van der Waals surface area (Å²) in [4.78, 5) is 40.8. The van der Waals surface area contributed by atoms with Crippen LogP contribution < -0.4 is 11.3 Å². The van der Waals surface area contributed by atoms with E-state index in [1.165, 1.54) is 11.9 Å². The maximum atomic E-state index is 12.5. The highest BCUT2D eigenvalue weighted by Crippen LogP contribution is 2.08. The number of aryl methyl sites for hydroxylation is 1. The summed E-state index contributed by atoms with van der Waals surface area (Å²) >= 11 is 0. The second kappa shape index (κ2) is 7.04. The fraction of sp³-hybridized carbons (Fsp3) is 0.375. The van der Waals surface area contributed by atoms with Gasteiger partial charge in [-0.15, -0.1) is 0 Å². The molecule has 0 aliphatic heterocycles. The third-order valence-electron chi connectivity index (χ3n) is 3.64. The summed E-state index contributed by atoms with van der Waals surface area (Å²) in [6, 6.07) is 7.18. The van der Waals surface area contributed by atoms with E-state index < -0.39 is 5.91 Å². The molecule has 7 nitrogen and oxygen atoms in total. The number of primary amides is 1. The lowest BCUT2D eigenvalue weighted by Gasteiger charge is -2.15. The molecule has 0 unspecified atom stereocenters. The maximum Gasteiger partial charge on any atom is 0.261 e. The van der Waals surface area contributed by atoms with Crippen molar-refractivity contribution in [3.8, 4) is 0 Å². The van der Waals surface area contributed by atoms with Crippen LogP contribution in [0.1, 0.15) is 18.7 Å². The Bertz CT molecular complexity index is 798. The molecule has 0 spiro atoms. The molecule has 0 aliphatic carbocycles. The van der Waals surface area contributed by atoms with Gasteiger partial charge in [0.05, 0.1) is 17.4 Å². The molecule has 0 aliphatic rings. The largest absolute Gasteiger partial charge is 0.368 e. The number of nitrogens with zero attached hydrogens (tertiary/aromatic N) is 3. The van der Waals surface area contributed by atoms with Crippen LogP contribution in [0, 0.1) is 6.92 Å². The summed E-state index contributed by atoms with van der Waals surface area (Å²) in [5.41, 5.74) is 5.62. The Morgan fingerprint density at radius 3 is 2.70 bits per heavy atom. The number of aromatic nitrogens is 2. The first-order valence-electron chi connectivity index (χ1n) is 7.38. The van der Waals surface area contributed by atoms with Crippen LogP contribution in [-0.2, 0) is 16.1 Å². The van der Waals surface area contributed by atoms with Crippen LogP contribution in [0.2, 0.25) is 0 Å². The lowest BCUT2D eigenvalue weighted by Crippen LogP contribution is -2.35. The van der Waals surface area contributed by atoms with Gasteiger partial charge in [-0.1, -0.05) is 12.1 Å². The van der Waals surface area contributed by atoms with Gasteiger partial charge >= 0.3 is 0 Å². The summed E-state index contributed by atoms with van der Waals surface area (Å²) in [5.74, 6) is -0.110. The van der Waals surface area contributed by atoms with Crippen LogP contribution in [0.5, 0.6) is 0 Å². The van der Waals surface area contributed by atoms with E-state index in [0.717, 1.165) is 0 Å². The van der Waals surface area contributed by atoms with Gasteiger partial charge in [0, 0.05) is 20.0 Å². The minimum Gasteiger partial charge on any atom is -0.368 e. The molecule has 0 atom stereocenters. The molecule has 0 fully saturated rings. The van der Waals surface area contributed by atoms with E-state index in [1.807, 2.05) is 6.07 Å². The number of hydrogen-bond acceptors (Lipinski definition) is 4. The molecular formula is C16H20N4O3. The number of benzene rings is 1. The average Bonchev–Trinajstić information content (AvgIpc) is 2.49. The van der Waals surface area contributed by atoms with Crippen molar-refractivity contribution in [3.63, 3.8) is 0 Å². The lowest BCUT2D eigenvalue weighted by atomic mass is 10.2. The molecule has 1 aromatic heterocycles. The normalized spacial score (nSPS) is 10.7. The van der Waals surface area contributed by atoms with Crippen molar-refractivity contribution >= 4 is 22.7 Å². The number of likely N-dealkylation sites (N-methyl/N-ethyl adjacent to an activating group) is 1. The van der Waals surface area contributed by atoms with Crippen LogP contribution in [0.4, 0.5) is 0 Å². The fourth-order valence-electron chi connectivity index (χ4n) is 2.44. The average molecular weight is 316 g/mol. The summed E-state index contributed by atoms with van der Waals surface area (Å²) in [5, 5.41) is 0.565. The highest BCUT2D eigenvalue weighted by Gasteiger charge is 2.12. The number of fused-ring (bicyclic) bond motifs is 1. The van der Waals surface area contributed by atoms with Crippen molar-refractivity contribution in [2.45, 2.75) is 26.3 Å². The summed E-state index contributed by atoms with van der Waals surface area (Å²) < 4.78 is 1.57. The van der Waals surface area contributed by atoms with Crippen LogP contribution >= 0.6 is 0 Å². The molecule has 122 valence electrons. The van der Waals surface area contributed by atoms with Crippen molar-refractivity contribution in [3.05, 3.63) is 40.4 Å². The Morgan fingerprint density at radius 2 is 2.00 bits per heavy atom. The number of carbonyl (C=O) groups excluding carboxylic acids is 2. The minimum atomic E-state index is -0.549. The molecule has 7 heteroatoms. The Morgan fingerprint density at radius 1 is 1.30 bits per heavy atom. The maximum absolute atomic E-state index is 12.5. The molecule has 0 bridgehead atoms. The fourth-order valence-corrected chi connectivity index (χ4v) is 2.44. The van der Waals surface area contributed by atoms with E-state index in [9.17, 15) is 14.4 Å². The van der Waals surface area contributed by atoms with Gasteiger partial charge in [-0.05, 0) is 25.5 Å². The Kier molecular flexibility index (Phi) is 5.10. The first-order valence-corrected chi connectivity index (χ1v) is 7.38. The van der Waals surface area contributed by atoms with Crippen LogP contribution in [0.15, 0.2) is 29.1 Å². The topological polar surface area (TPSA) is 98.3 Å². The van der Waals surface area contributed by atoms with Crippen LogP contribution in [-0.4, -0.2) is 39.9 Å². The van der Waals surface area contributed by atoms with E-state index in [1.54, 1.807) is 29.7 Å². The number of hydrogen-bond donors (Lipinski definition) is 1. The zero-order valence-electron chi connectivity index (χ0n) is 13.3. The van der Waals surface area contributed by atoms with Crippen LogP contribution in [0.3, 0.4) is 0 Å². The van der Waals surface area contributed by atoms with Gasteiger partial charge in [-0.3, -0.25) is 19.0 Å². The highest BCUT2D eigenvalue weighted by molar-refractivity contribution is 5.83. The Balaban J connectivity index is 2.07. The second-order valence-electron chi connectivity index (χ2n) is 5.45. The quantitative estimate of drug-likeness (QED) is 0.835. The summed E-state index contributed by atoms with van der Waals surface area (Å²) in [6.07, 6.45) is 0.727. The third kappa shape index (κ3) is 3.94. The van der Waals surface area contributed by atoms with E-state index in [4.69, 9.17) is 5.73 Å². The summed E-state index contributed by atoms with van der Waals surface area (Å²) in [7, 11) is 1.53. The van der Waals surface area contributed by atoms with E-state index in [0.29, 0.717) is 29.7 Å². The standard InChI is InChI=1S/C16H20N4O3/c1-11-18-13-7-4-3-6-12(13)16(23)20(11)9-5-8-15(22)19(2)10-14(17)21/h3-4,6-7H,5,8-10H2,1-2H3,(H2,17,21). The van der Waals surface area contributed by atoms with Crippen molar-refractivity contribution in [2.24, 2.45) is 5.73 Å². The van der Waals surface area contributed by atoms with Gasteiger partial charge in [0.1, 0.15) is 5.82 Å². The Hall–Kier alpha value is -2.70. The number of amides is 2. The SMILES string of the molecule is Cc1nc2ccccc2c(=O)n1CCCC(=O)N(C)CC(N)=O. The summed E-state index contributed by atoms with van der Waals surface area (Å²) in [6.45, 7) is 2.07. The highest BCUT2D eigenvalue weighted by atomic mass is 16.2. The van der Waals surface area contributed by atoms with E-state index >= 15 is 0 Å². The number of para-hydroxylation sites is 1. The van der Waals surface area contributed by atoms with Crippen molar-refractivity contribution in [1.29, 1.82) is 0 Å². The van der Waals surface area contributed by atoms with Gasteiger partial charge in [-0.25, -0.2) is 4.98 Å². The minimum absolute atomic E-state index is 0.102. The predicted molar refractivity (Wildman–Crippen MR) is 86.8 cm³/mol. The third-order valence-corrected chi connectivity index (χ3v) is 3.64. The first kappa shape index (κ1) is 16.7. The zero-order valence-corrected chi connectivity index (χ0v) is 13.3.